The standard InChI is InChI=1S/C21H22N4O3/c1-16(25-14-6-13-22-25)21(27)24(2)15-20(26)23-17-9-11-19(12-10-17)28-18-7-4-3-5-8-18/h3-14,16H,15H2,1-2H3,(H,23,26)/t16-/m0/s1. The lowest BCUT2D eigenvalue weighted by Crippen LogP contribution is -2.38. The van der Waals surface area contributed by atoms with Gasteiger partial charge in [-0.2, -0.15) is 5.10 Å². The summed E-state index contributed by atoms with van der Waals surface area (Å²) in [5.41, 5.74) is 0.631. The van der Waals surface area contributed by atoms with Crippen LogP contribution in [-0.2, 0) is 9.59 Å². The Morgan fingerprint density at radius 3 is 2.39 bits per heavy atom. The minimum atomic E-state index is -0.470. The van der Waals surface area contributed by atoms with Crippen LogP contribution in [0.5, 0.6) is 11.5 Å². The Morgan fingerprint density at radius 1 is 1.07 bits per heavy atom. The smallest absolute Gasteiger partial charge is 0.247 e. The van der Waals surface area contributed by atoms with Crippen molar-refractivity contribution >= 4 is 17.5 Å². The van der Waals surface area contributed by atoms with E-state index >= 15 is 0 Å². The minimum Gasteiger partial charge on any atom is -0.457 e. The number of likely N-dealkylation sites (N-methyl/N-ethyl adjacent to an activating group) is 1. The fourth-order valence-electron chi connectivity index (χ4n) is 2.67. The molecule has 0 bridgehead atoms. The first-order valence-electron chi connectivity index (χ1n) is 8.90. The van der Waals surface area contributed by atoms with Crippen LogP contribution in [0, 0.1) is 0 Å². The molecular formula is C21H22N4O3. The van der Waals surface area contributed by atoms with Gasteiger partial charge in [-0.15, -0.1) is 0 Å². The Kier molecular flexibility index (Phi) is 6.06. The van der Waals surface area contributed by atoms with E-state index in [2.05, 4.69) is 10.4 Å². The third-order valence-electron chi connectivity index (χ3n) is 4.15. The van der Waals surface area contributed by atoms with Crippen molar-refractivity contribution in [1.29, 1.82) is 0 Å². The number of carbonyl (C=O) groups is 2. The minimum absolute atomic E-state index is 0.0489. The second-order valence-electron chi connectivity index (χ2n) is 6.34. The van der Waals surface area contributed by atoms with Gasteiger partial charge in [0.15, 0.2) is 0 Å². The van der Waals surface area contributed by atoms with Crippen molar-refractivity contribution in [3.05, 3.63) is 73.1 Å². The molecule has 0 spiro atoms. The van der Waals surface area contributed by atoms with Crippen LogP contribution < -0.4 is 10.1 Å². The molecular weight excluding hydrogens is 356 g/mol. The van der Waals surface area contributed by atoms with E-state index < -0.39 is 6.04 Å². The third kappa shape index (κ3) is 4.97. The summed E-state index contributed by atoms with van der Waals surface area (Å²) in [6, 6.07) is 17.8. The Labute approximate surface area is 163 Å². The van der Waals surface area contributed by atoms with Gasteiger partial charge in [0.25, 0.3) is 0 Å². The quantitative estimate of drug-likeness (QED) is 0.684. The van der Waals surface area contributed by atoms with E-state index in [0.717, 1.165) is 5.75 Å². The summed E-state index contributed by atoms with van der Waals surface area (Å²) in [4.78, 5) is 26.1. The zero-order valence-electron chi connectivity index (χ0n) is 15.8. The molecule has 1 heterocycles. The average Bonchev–Trinajstić information content (AvgIpc) is 3.24. The summed E-state index contributed by atoms with van der Waals surface area (Å²) < 4.78 is 7.28. The molecule has 2 amide bonds. The molecule has 2 aromatic carbocycles. The number of benzene rings is 2. The number of rotatable bonds is 7. The molecule has 1 aromatic heterocycles. The number of nitrogens with zero attached hydrogens (tertiary/aromatic N) is 3. The van der Waals surface area contributed by atoms with Gasteiger partial charge in [0.05, 0.1) is 6.54 Å². The Hall–Kier alpha value is -3.61. The van der Waals surface area contributed by atoms with Crippen LogP contribution in [0.3, 0.4) is 0 Å². The fraction of sp³-hybridized carbons (Fsp3) is 0.190. The van der Waals surface area contributed by atoms with Gasteiger partial charge in [-0.3, -0.25) is 14.3 Å². The predicted octanol–water partition coefficient (Wildman–Crippen LogP) is 3.33. The summed E-state index contributed by atoms with van der Waals surface area (Å²) in [7, 11) is 1.60. The van der Waals surface area contributed by atoms with Crippen molar-refractivity contribution in [2.75, 3.05) is 18.9 Å². The molecule has 144 valence electrons. The van der Waals surface area contributed by atoms with E-state index in [4.69, 9.17) is 4.74 Å². The van der Waals surface area contributed by atoms with Gasteiger partial charge < -0.3 is 15.0 Å². The normalized spacial score (nSPS) is 11.5. The van der Waals surface area contributed by atoms with Crippen LogP contribution in [0.25, 0.3) is 0 Å². The lowest BCUT2D eigenvalue weighted by Gasteiger charge is -2.21. The molecule has 1 atom stereocenters. The zero-order valence-corrected chi connectivity index (χ0v) is 15.8. The van der Waals surface area contributed by atoms with E-state index in [-0.39, 0.29) is 18.4 Å². The van der Waals surface area contributed by atoms with E-state index in [0.29, 0.717) is 11.4 Å². The number of nitrogens with one attached hydrogen (secondary N) is 1. The first kappa shape index (κ1) is 19.2. The second-order valence-corrected chi connectivity index (χ2v) is 6.34. The average molecular weight is 378 g/mol. The summed E-state index contributed by atoms with van der Waals surface area (Å²) in [5.74, 6) is 0.945. The molecule has 1 N–H and O–H groups in total. The van der Waals surface area contributed by atoms with Gasteiger partial charge in [0.2, 0.25) is 11.8 Å². The maximum atomic E-state index is 12.4. The number of hydrogen-bond acceptors (Lipinski definition) is 4. The second kappa shape index (κ2) is 8.85. The van der Waals surface area contributed by atoms with Gasteiger partial charge in [0, 0.05) is 25.1 Å². The largest absolute Gasteiger partial charge is 0.457 e. The highest BCUT2D eigenvalue weighted by molar-refractivity contribution is 5.94. The Balaban J connectivity index is 1.52. The van der Waals surface area contributed by atoms with Crippen molar-refractivity contribution in [1.82, 2.24) is 14.7 Å². The van der Waals surface area contributed by atoms with Crippen molar-refractivity contribution in [3.8, 4) is 11.5 Å². The van der Waals surface area contributed by atoms with E-state index in [1.807, 2.05) is 30.3 Å². The molecule has 0 saturated carbocycles. The highest BCUT2D eigenvalue weighted by Gasteiger charge is 2.21. The Morgan fingerprint density at radius 2 is 1.75 bits per heavy atom. The number of anilines is 1. The van der Waals surface area contributed by atoms with Gasteiger partial charge in [-0.25, -0.2) is 0 Å². The monoisotopic (exact) mass is 378 g/mol. The van der Waals surface area contributed by atoms with Crippen molar-refractivity contribution in [2.45, 2.75) is 13.0 Å². The van der Waals surface area contributed by atoms with E-state index in [1.54, 1.807) is 61.4 Å². The first-order chi connectivity index (χ1) is 13.5. The SMILES string of the molecule is C[C@@H](C(=O)N(C)CC(=O)Nc1ccc(Oc2ccccc2)cc1)n1cccn1. The number of aromatic nitrogens is 2. The number of hydrogen-bond donors (Lipinski definition) is 1. The van der Waals surface area contributed by atoms with Gasteiger partial charge in [-0.1, -0.05) is 18.2 Å². The fourth-order valence-corrected chi connectivity index (χ4v) is 2.67. The number of para-hydroxylation sites is 1. The lowest BCUT2D eigenvalue weighted by molar-refractivity contribution is -0.136. The number of amides is 2. The molecule has 0 aliphatic carbocycles. The van der Waals surface area contributed by atoms with Crippen LogP contribution in [0.4, 0.5) is 5.69 Å². The van der Waals surface area contributed by atoms with Gasteiger partial charge in [0.1, 0.15) is 17.5 Å². The van der Waals surface area contributed by atoms with Crippen LogP contribution >= 0.6 is 0 Å². The molecule has 0 aliphatic rings. The van der Waals surface area contributed by atoms with Crippen LogP contribution in [0.15, 0.2) is 73.1 Å². The summed E-state index contributed by atoms with van der Waals surface area (Å²) in [6.07, 6.45) is 3.33. The molecule has 0 radical (unpaired) electrons. The molecule has 0 saturated heterocycles. The maximum Gasteiger partial charge on any atom is 0.247 e. The van der Waals surface area contributed by atoms with E-state index in [9.17, 15) is 9.59 Å². The van der Waals surface area contributed by atoms with Crippen LogP contribution in [0.1, 0.15) is 13.0 Å². The molecule has 7 heteroatoms. The van der Waals surface area contributed by atoms with Crippen LogP contribution in [0.2, 0.25) is 0 Å². The molecule has 0 unspecified atom stereocenters. The molecule has 0 fully saturated rings. The van der Waals surface area contributed by atoms with Crippen molar-refractivity contribution in [2.24, 2.45) is 0 Å². The summed E-state index contributed by atoms with van der Waals surface area (Å²) >= 11 is 0. The third-order valence-corrected chi connectivity index (χ3v) is 4.15. The van der Waals surface area contributed by atoms with Crippen molar-refractivity contribution < 1.29 is 14.3 Å². The van der Waals surface area contributed by atoms with E-state index in [1.165, 1.54) is 4.90 Å². The first-order valence-corrected chi connectivity index (χ1v) is 8.90. The number of ether oxygens (including phenoxy) is 1. The molecule has 7 nitrogen and oxygen atoms in total. The predicted molar refractivity (Wildman–Crippen MR) is 106 cm³/mol. The van der Waals surface area contributed by atoms with Gasteiger partial charge >= 0.3 is 0 Å². The molecule has 0 aliphatic heterocycles. The van der Waals surface area contributed by atoms with Crippen molar-refractivity contribution in [3.63, 3.8) is 0 Å². The molecule has 3 rings (SSSR count). The highest BCUT2D eigenvalue weighted by atomic mass is 16.5. The number of carbonyl (C=O) groups excluding carboxylic acids is 2. The summed E-state index contributed by atoms with van der Waals surface area (Å²) in [5, 5.41) is 6.84. The zero-order chi connectivity index (χ0) is 19.9. The maximum absolute atomic E-state index is 12.4. The highest BCUT2D eigenvalue weighted by Crippen LogP contribution is 2.22. The van der Waals surface area contributed by atoms with Crippen LogP contribution in [-0.4, -0.2) is 40.1 Å². The van der Waals surface area contributed by atoms with Gasteiger partial charge in [-0.05, 0) is 49.4 Å². The lowest BCUT2D eigenvalue weighted by atomic mass is 10.2. The molecule has 3 aromatic rings. The Bertz CT molecular complexity index is 909. The summed E-state index contributed by atoms with van der Waals surface area (Å²) in [6.45, 7) is 1.70. The molecule has 28 heavy (non-hydrogen) atoms. The topological polar surface area (TPSA) is 76.5 Å².